The Balaban J connectivity index is 2.28. The number of amides is 2. The lowest BCUT2D eigenvalue weighted by Crippen LogP contribution is -2.29. The molecule has 0 saturated carbocycles. The van der Waals surface area contributed by atoms with Crippen molar-refractivity contribution >= 4 is 66.8 Å². The first-order chi connectivity index (χ1) is 16.3. The van der Waals surface area contributed by atoms with Crippen LogP contribution >= 0.6 is 0 Å². The maximum Gasteiger partial charge on any atom is 0.337 e. The van der Waals surface area contributed by atoms with Gasteiger partial charge in [0.1, 0.15) is 0 Å². The number of nitrogens with one attached hydrogen (secondary N) is 1. The minimum atomic E-state index is -1.55. The minimum Gasteiger partial charge on any atom is -0.478 e. The summed E-state index contributed by atoms with van der Waals surface area (Å²) in [4.78, 5) is 50.6. The van der Waals surface area contributed by atoms with E-state index in [1.54, 1.807) is 25.1 Å². The Morgan fingerprint density at radius 3 is 1.97 bits per heavy atom. The number of aromatic carboxylic acids is 2. The Kier molecular flexibility index (Phi) is 4.61. The molecular weight excluding hydrogens is 436 g/mol. The molecule has 0 heterocycles. The van der Waals surface area contributed by atoms with Crippen LogP contribution in [0.4, 0.5) is 0 Å². The number of primary amides is 1. The predicted octanol–water partition coefficient (Wildman–Crippen LogP) is 3.98. The topological polar surface area (TPSA) is 147 Å². The lowest BCUT2D eigenvalue weighted by molar-refractivity contribution is 0.0693. The zero-order chi connectivity index (χ0) is 24.3. The Morgan fingerprint density at radius 1 is 0.735 bits per heavy atom. The van der Waals surface area contributed by atoms with E-state index in [0.29, 0.717) is 16.2 Å². The van der Waals surface area contributed by atoms with Gasteiger partial charge in [0.15, 0.2) is 0 Å². The van der Waals surface area contributed by atoms with Crippen LogP contribution in [0.3, 0.4) is 0 Å². The minimum absolute atomic E-state index is 0.138. The molecule has 0 aromatic heterocycles. The van der Waals surface area contributed by atoms with Crippen molar-refractivity contribution in [3.05, 3.63) is 70.8 Å². The first-order valence-electron chi connectivity index (χ1n) is 10.5. The molecule has 0 saturated heterocycles. The van der Waals surface area contributed by atoms with E-state index in [1.807, 2.05) is 24.3 Å². The molecule has 8 heteroatoms. The van der Waals surface area contributed by atoms with Crippen molar-refractivity contribution in [1.29, 1.82) is 0 Å². The molecule has 2 amide bonds. The van der Waals surface area contributed by atoms with Crippen LogP contribution in [0, 0.1) is 0 Å². The van der Waals surface area contributed by atoms with E-state index in [-0.39, 0.29) is 28.4 Å². The predicted molar refractivity (Wildman–Crippen MR) is 128 cm³/mol. The third kappa shape index (κ3) is 2.72. The molecule has 0 spiro atoms. The van der Waals surface area contributed by atoms with Gasteiger partial charge in [-0.2, -0.15) is 0 Å². The van der Waals surface area contributed by atoms with Crippen LogP contribution in [0.2, 0.25) is 0 Å². The van der Waals surface area contributed by atoms with Gasteiger partial charge in [-0.3, -0.25) is 9.59 Å². The quantitative estimate of drug-likeness (QED) is 0.233. The molecule has 5 N–H and O–H groups in total. The summed E-state index contributed by atoms with van der Waals surface area (Å²) in [6, 6.07) is 14.0. The Bertz CT molecular complexity index is 1710. The van der Waals surface area contributed by atoms with Crippen molar-refractivity contribution in [2.45, 2.75) is 6.92 Å². The van der Waals surface area contributed by atoms with Crippen molar-refractivity contribution < 1.29 is 29.4 Å². The van der Waals surface area contributed by atoms with Crippen LogP contribution in [0.5, 0.6) is 0 Å². The second-order valence-corrected chi connectivity index (χ2v) is 7.95. The van der Waals surface area contributed by atoms with Gasteiger partial charge in [0.05, 0.1) is 22.3 Å². The number of hydrogen-bond donors (Lipinski definition) is 4. The van der Waals surface area contributed by atoms with Crippen LogP contribution in [-0.2, 0) is 0 Å². The zero-order valence-electron chi connectivity index (χ0n) is 17.9. The second-order valence-electron chi connectivity index (χ2n) is 7.95. The van der Waals surface area contributed by atoms with E-state index in [4.69, 9.17) is 5.73 Å². The summed E-state index contributed by atoms with van der Waals surface area (Å²) >= 11 is 0. The molecule has 0 aliphatic rings. The Labute approximate surface area is 191 Å². The summed E-state index contributed by atoms with van der Waals surface area (Å²) in [7, 11) is 0. The van der Waals surface area contributed by atoms with Crippen molar-refractivity contribution in [3.8, 4) is 0 Å². The van der Waals surface area contributed by atoms with Gasteiger partial charge in [0.25, 0.3) is 5.91 Å². The van der Waals surface area contributed by atoms with Crippen LogP contribution in [0.25, 0.3) is 43.1 Å². The Morgan fingerprint density at radius 2 is 1.38 bits per heavy atom. The lowest BCUT2D eigenvalue weighted by atomic mass is 9.81. The molecule has 0 aliphatic heterocycles. The molecule has 5 aromatic rings. The van der Waals surface area contributed by atoms with Crippen LogP contribution < -0.4 is 11.1 Å². The van der Waals surface area contributed by atoms with Crippen molar-refractivity contribution in [2.75, 3.05) is 6.54 Å². The van der Waals surface area contributed by atoms with Crippen molar-refractivity contribution in [2.24, 2.45) is 5.73 Å². The highest BCUT2D eigenvalue weighted by molar-refractivity contribution is 6.40. The van der Waals surface area contributed by atoms with Crippen LogP contribution in [0.1, 0.15) is 48.4 Å². The lowest BCUT2D eigenvalue weighted by Gasteiger charge is -2.21. The van der Waals surface area contributed by atoms with Gasteiger partial charge in [-0.1, -0.05) is 42.5 Å². The maximum atomic E-state index is 13.3. The van der Waals surface area contributed by atoms with Gasteiger partial charge in [-0.15, -0.1) is 0 Å². The molecule has 0 aliphatic carbocycles. The molecule has 8 nitrogen and oxygen atoms in total. The fourth-order valence-electron chi connectivity index (χ4n) is 5.00. The number of benzene rings is 5. The average molecular weight is 454 g/mol. The normalized spacial score (nSPS) is 11.4. The van der Waals surface area contributed by atoms with Gasteiger partial charge in [0.2, 0.25) is 5.91 Å². The molecule has 34 heavy (non-hydrogen) atoms. The number of fused-ring (bicyclic) bond motifs is 2. The molecule has 0 fully saturated rings. The third-order valence-electron chi connectivity index (χ3n) is 6.17. The first kappa shape index (κ1) is 21.1. The molecule has 0 atom stereocenters. The average Bonchev–Trinajstić information content (AvgIpc) is 2.80. The third-order valence-corrected chi connectivity index (χ3v) is 6.17. The maximum absolute atomic E-state index is 13.3. The second kappa shape index (κ2) is 7.41. The Hall–Kier alpha value is -4.72. The van der Waals surface area contributed by atoms with E-state index in [1.165, 1.54) is 6.07 Å². The zero-order valence-corrected chi connectivity index (χ0v) is 17.9. The summed E-state index contributed by atoms with van der Waals surface area (Å²) in [5.74, 6) is -4.72. The number of rotatable bonds is 5. The number of carbonyl (C=O) groups is 4. The summed E-state index contributed by atoms with van der Waals surface area (Å²) in [6.45, 7) is 1.91. The SMILES string of the molecule is CCNC(=O)c1c(C(N)=O)c(C(=O)O)c2c(C(=O)O)ccc3c4cccc5cccc(c1c23)c54. The number of carbonyl (C=O) groups excluding carboxylic acids is 2. The number of carboxylic acids is 2. The summed E-state index contributed by atoms with van der Waals surface area (Å²) in [6.07, 6.45) is 0. The van der Waals surface area contributed by atoms with E-state index < -0.39 is 34.9 Å². The summed E-state index contributed by atoms with van der Waals surface area (Å²) in [5, 5.41) is 26.8. The highest BCUT2D eigenvalue weighted by atomic mass is 16.4. The molecule has 5 aromatic carbocycles. The largest absolute Gasteiger partial charge is 0.478 e. The van der Waals surface area contributed by atoms with Crippen molar-refractivity contribution in [1.82, 2.24) is 5.32 Å². The standard InChI is InChI=1S/C26H18N2O6/c1-2-28-24(30)21-18-14-8-4-6-11-5-3-7-12(16(11)14)13-9-10-15(25(31)32)19(17(13)18)22(26(33)34)20(21)23(27)29/h3-10H,2H2,1H3,(H2,27,29)(H,28,30)(H,31,32)(H,33,34). The fourth-order valence-corrected chi connectivity index (χ4v) is 5.00. The highest BCUT2D eigenvalue weighted by Crippen LogP contribution is 2.45. The number of carboxylic acid groups (broad SMARTS) is 2. The van der Waals surface area contributed by atoms with Gasteiger partial charge in [0, 0.05) is 17.3 Å². The van der Waals surface area contributed by atoms with E-state index in [0.717, 1.165) is 16.2 Å². The van der Waals surface area contributed by atoms with Crippen LogP contribution in [0.15, 0.2) is 48.5 Å². The smallest absolute Gasteiger partial charge is 0.337 e. The highest BCUT2D eigenvalue weighted by Gasteiger charge is 2.32. The number of hydrogen-bond acceptors (Lipinski definition) is 4. The van der Waals surface area contributed by atoms with E-state index in [2.05, 4.69) is 5.32 Å². The van der Waals surface area contributed by atoms with Gasteiger partial charge >= 0.3 is 11.9 Å². The van der Waals surface area contributed by atoms with Crippen molar-refractivity contribution in [3.63, 3.8) is 0 Å². The first-order valence-corrected chi connectivity index (χ1v) is 10.5. The van der Waals surface area contributed by atoms with Gasteiger partial charge in [-0.05, 0) is 45.3 Å². The summed E-state index contributed by atoms with van der Waals surface area (Å²) < 4.78 is 0. The van der Waals surface area contributed by atoms with E-state index in [9.17, 15) is 29.4 Å². The van der Waals surface area contributed by atoms with Gasteiger partial charge in [-0.25, -0.2) is 9.59 Å². The molecule has 0 unspecified atom stereocenters. The fraction of sp³-hybridized carbons (Fsp3) is 0.0769. The van der Waals surface area contributed by atoms with Crippen LogP contribution in [-0.4, -0.2) is 40.5 Å². The van der Waals surface area contributed by atoms with Gasteiger partial charge < -0.3 is 21.3 Å². The monoisotopic (exact) mass is 454 g/mol. The molecule has 5 rings (SSSR count). The number of nitrogens with two attached hydrogens (primary N) is 1. The molecule has 0 radical (unpaired) electrons. The van der Waals surface area contributed by atoms with E-state index >= 15 is 0 Å². The molecule has 0 bridgehead atoms. The molecule has 168 valence electrons. The molecular formula is C26H18N2O6. The summed E-state index contributed by atoms with van der Waals surface area (Å²) in [5.41, 5.74) is 4.06.